The second-order valence-corrected chi connectivity index (χ2v) is 4.87. The number of rotatable bonds is 4. The molecule has 0 aromatic heterocycles. The second-order valence-electron chi connectivity index (χ2n) is 4.87. The number of alkyl halides is 3. The van der Waals surface area contributed by atoms with Gasteiger partial charge in [0.1, 0.15) is 0 Å². The minimum absolute atomic E-state index is 0.141. The van der Waals surface area contributed by atoms with Gasteiger partial charge in [-0.2, -0.15) is 13.2 Å². The average molecular weight is 303 g/mol. The van der Waals surface area contributed by atoms with Gasteiger partial charge in [-0.15, -0.1) is 0 Å². The fourth-order valence-electron chi connectivity index (χ4n) is 2.26. The van der Waals surface area contributed by atoms with Gasteiger partial charge in [-0.1, -0.05) is 13.0 Å². The molecule has 1 aromatic rings. The van der Waals surface area contributed by atoms with Gasteiger partial charge in [-0.25, -0.2) is 0 Å². The maximum absolute atomic E-state index is 12.5. The number of hydrogen-bond donors (Lipinski definition) is 0. The van der Waals surface area contributed by atoms with E-state index < -0.39 is 18.1 Å². The number of nitrogens with zero attached hydrogens (tertiary/aromatic N) is 1. The summed E-state index contributed by atoms with van der Waals surface area (Å²) in [5.74, 6) is -0.631. The molecule has 0 bridgehead atoms. The maximum Gasteiger partial charge on any atom is 0.471 e. The minimum atomic E-state index is -4.85. The third kappa shape index (κ3) is 3.40. The summed E-state index contributed by atoms with van der Waals surface area (Å²) in [7, 11) is 1.18. The van der Waals surface area contributed by atoms with Gasteiger partial charge in [0.05, 0.1) is 0 Å². The molecule has 1 aliphatic rings. The molecule has 0 aliphatic carbocycles. The van der Waals surface area contributed by atoms with Gasteiger partial charge in [0.25, 0.3) is 0 Å². The molecule has 1 heterocycles. The number of ether oxygens (including phenoxy) is 2. The van der Waals surface area contributed by atoms with Crippen LogP contribution >= 0.6 is 0 Å². The topological polar surface area (TPSA) is 38.8 Å². The Labute approximate surface area is 120 Å². The molecule has 0 radical (unpaired) electrons. The molecule has 1 atom stereocenters. The van der Waals surface area contributed by atoms with E-state index in [0.29, 0.717) is 24.3 Å². The van der Waals surface area contributed by atoms with E-state index in [0.717, 1.165) is 10.5 Å². The Kier molecular flexibility index (Phi) is 4.29. The Morgan fingerprint density at radius 2 is 2.00 bits per heavy atom. The molecular weight excluding hydrogens is 287 g/mol. The smallest absolute Gasteiger partial charge is 0.454 e. The van der Waals surface area contributed by atoms with Crippen molar-refractivity contribution in [3.05, 3.63) is 23.8 Å². The lowest BCUT2D eigenvalue weighted by atomic mass is 10.0. The molecule has 7 heteroatoms. The lowest BCUT2D eigenvalue weighted by molar-refractivity contribution is -0.186. The number of likely N-dealkylation sites (N-methyl/N-ethyl adjacent to an activating group) is 1. The standard InChI is InChI=1S/C14H16F3NO3/c1-3-10(18(2)13(19)14(15,16)17)6-9-4-5-11-12(7-9)21-8-20-11/h4-5,7,10H,3,6,8H2,1-2H3. The van der Waals surface area contributed by atoms with Crippen molar-refractivity contribution in [3.63, 3.8) is 0 Å². The van der Waals surface area contributed by atoms with Crippen LogP contribution in [0, 0.1) is 0 Å². The van der Waals surface area contributed by atoms with E-state index in [4.69, 9.17) is 9.47 Å². The molecular formula is C14H16F3NO3. The number of carbonyl (C=O) groups excluding carboxylic acids is 1. The van der Waals surface area contributed by atoms with E-state index in [-0.39, 0.29) is 6.79 Å². The van der Waals surface area contributed by atoms with Crippen LogP contribution < -0.4 is 9.47 Å². The first kappa shape index (κ1) is 15.5. The van der Waals surface area contributed by atoms with Crippen LogP contribution in [-0.2, 0) is 11.2 Å². The van der Waals surface area contributed by atoms with Crippen molar-refractivity contribution in [3.8, 4) is 11.5 Å². The summed E-state index contributed by atoms with van der Waals surface area (Å²) in [6, 6.07) is 4.69. The number of halogens is 3. The quantitative estimate of drug-likeness (QED) is 0.858. The zero-order valence-electron chi connectivity index (χ0n) is 11.7. The highest BCUT2D eigenvalue weighted by Gasteiger charge is 2.42. The van der Waals surface area contributed by atoms with Crippen molar-refractivity contribution in [1.29, 1.82) is 0 Å². The van der Waals surface area contributed by atoms with Gasteiger partial charge in [0.2, 0.25) is 6.79 Å². The van der Waals surface area contributed by atoms with Gasteiger partial charge in [-0.05, 0) is 30.5 Å². The van der Waals surface area contributed by atoms with Gasteiger partial charge in [0.15, 0.2) is 11.5 Å². The third-order valence-electron chi connectivity index (χ3n) is 3.49. The first-order valence-electron chi connectivity index (χ1n) is 6.55. The number of fused-ring (bicyclic) bond motifs is 1. The van der Waals surface area contributed by atoms with Crippen LogP contribution in [-0.4, -0.2) is 36.9 Å². The van der Waals surface area contributed by atoms with Crippen LogP contribution in [0.1, 0.15) is 18.9 Å². The van der Waals surface area contributed by atoms with E-state index in [1.807, 2.05) is 0 Å². The molecule has 1 aliphatic heterocycles. The molecule has 0 spiro atoms. The van der Waals surface area contributed by atoms with Crippen molar-refractivity contribution in [2.24, 2.45) is 0 Å². The van der Waals surface area contributed by atoms with Gasteiger partial charge in [0, 0.05) is 13.1 Å². The van der Waals surface area contributed by atoms with E-state index in [2.05, 4.69) is 0 Å². The molecule has 2 rings (SSSR count). The molecule has 1 aromatic carbocycles. The van der Waals surface area contributed by atoms with Crippen molar-refractivity contribution >= 4 is 5.91 Å². The summed E-state index contributed by atoms with van der Waals surface area (Å²) in [6.45, 7) is 1.89. The summed E-state index contributed by atoms with van der Waals surface area (Å²) in [5, 5.41) is 0. The zero-order chi connectivity index (χ0) is 15.6. The Balaban J connectivity index is 2.10. The second kappa shape index (κ2) is 5.83. The van der Waals surface area contributed by atoms with Crippen LogP contribution in [0.5, 0.6) is 11.5 Å². The molecule has 21 heavy (non-hydrogen) atoms. The van der Waals surface area contributed by atoms with Crippen LogP contribution in [0.3, 0.4) is 0 Å². The van der Waals surface area contributed by atoms with Crippen molar-refractivity contribution in [2.75, 3.05) is 13.8 Å². The van der Waals surface area contributed by atoms with Crippen molar-refractivity contribution in [1.82, 2.24) is 4.90 Å². The Bertz CT molecular complexity index is 531. The number of carbonyl (C=O) groups is 1. The zero-order valence-corrected chi connectivity index (χ0v) is 11.7. The van der Waals surface area contributed by atoms with Crippen LogP contribution in [0.2, 0.25) is 0 Å². The van der Waals surface area contributed by atoms with Crippen LogP contribution in [0.25, 0.3) is 0 Å². The largest absolute Gasteiger partial charge is 0.471 e. The predicted octanol–water partition coefficient (Wildman–Crippen LogP) is 2.76. The van der Waals surface area contributed by atoms with Crippen LogP contribution in [0.15, 0.2) is 18.2 Å². The Morgan fingerprint density at radius 1 is 1.33 bits per heavy atom. The van der Waals surface area contributed by atoms with E-state index in [1.165, 1.54) is 7.05 Å². The molecule has 0 N–H and O–H groups in total. The lowest BCUT2D eigenvalue weighted by Crippen LogP contribution is -2.45. The van der Waals surface area contributed by atoms with Gasteiger partial charge >= 0.3 is 12.1 Å². The fourth-order valence-corrected chi connectivity index (χ4v) is 2.26. The van der Waals surface area contributed by atoms with E-state index in [9.17, 15) is 18.0 Å². The van der Waals surface area contributed by atoms with Crippen LogP contribution in [0.4, 0.5) is 13.2 Å². The Morgan fingerprint density at radius 3 is 2.62 bits per heavy atom. The first-order chi connectivity index (χ1) is 9.82. The molecule has 0 saturated heterocycles. The number of benzene rings is 1. The fraction of sp³-hybridized carbons (Fsp3) is 0.500. The summed E-state index contributed by atoms with van der Waals surface area (Å²) < 4.78 is 47.9. The average Bonchev–Trinajstić information content (AvgIpc) is 2.89. The normalized spacial score (nSPS) is 14.9. The summed E-state index contributed by atoms with van der Waals surface area (Å²) in [5.41, 5.74) is 0.799. The minimum Gasteiger partial charge on any atom is -0.454 e. The van der Waals surface area contributed by atoms with Gasteiger partial charge in [-0.3, -0.25) is 4.79 Å². The predicted molar refractivity (Wildman–Crippen MR) is 69.2 cm³/mol. The molecule has 4 nitrogen and oxygen atoms in total. The van der Waals surface area contributed by atoms with Crippen molar-refractivity contribution < 1.29 is 27.4 Å². The summed E-state index contributed by atoms with van der Waals surface area (Å²) in [6.07, 6.45) is -4.10. The summed E-state index contributed by atoms with van der Waals surface area (Å²) >= 11 is 0. The third-order valence-corrected chi connectivity index (χ3v) is 3.49. The highest BCUT2D eigenvalue weighted by molar-refractivity contribution is 5.81. The lowest BCUT2D eigenvalue weighted by Gasteiger charge is -2.28. The number of amides is 1. The van der Waals surface area contributed by atoms with Crippen molar-refractivity contribution in [2.45, 2.75) is 32.0 Å². The molecule has 1 amide bonds. The van der Waals surface area contributed by atoms with E-state index in [1.54, 1.807) is 25.1 Å². The molecule has 1 unspecified atom stereocenters. The molecule has 116 valence electrons. The highest BCUT2D eigenvalue weighted by atomic mass is 19.4. The summed E-state index contributed by atoms with van der Waals surface area (Å²) in [4.78, 5) is 12.1. The monoisotopic (exact) mass is 303 g/mol. The molecule has 0 fully saturated rings. The van der Waals surface area contributed by atoms with Gasteiger partial charge < -0.3 is 14.4 Å². The Hall–Kier alpha value is -1.92. The molecule has 0 saturated carbocycles. The highest BCUT2D eigenvalue weighted by Crippen LogP contribution is 2.33. The first-order valence-corrected chi connectivity index (χ1v) is 6.55. The SMILES string of the molecule is CCC(Cc1ccc2c(c1)OCO2)N(C)C(=O)C(F)(F)F. The maximum atomic E-state index is 12.5. The number of hydrogen-bond acceptors (Lipinski definition) is 3. The van der Waals surface area contributed by atoms with E-state index >= 15 is 0 Å².